The van der Waals surface area contributed by atoms with Crippen LogP contribution in [0.1, 0.15) is 18.1 Å². The third-order valence-corrected chi connectivity index (χ3v) is 5.78. The molecule has 1 aliphatic rings. The lowest BCUT2D eigenvalue weighted by molar-refractivity contribution is 0.165. The Morgan fingerprint density at radius 3 is 2.97 bits per heavy atom. The fourth-order valence-corrected chi connectivity index (χ4v) is 3.90. The molecule has 8 heteroatoms. The molecule has 3 aromatic rings. The summed E-state index contributed by atoms with van der Waals surface area (Å²) in [5, 5.41) is 16.6. The van der Waals surface area contributed by atoms with Gasteiger partial charge in [0.25, 0.3) is 0 Å². The van der Waals surface area contributed by atoms with E-state index in [2.05, 4.69) is 43.5 Å². The molecule has 1 aromatic carbocycles. The molecular weight excluding hydrogens is 412 g/mol. The molecule has 4 rings (SSSR count). The van der Waals surface area contributed by atoms with Crippen LogP contribution in [0.5, 0.6) is 5.75 Å². The van der Waals surface area contributed by atoms with E-state index in [0.717, 1.165) is 49.4 Å². The minimum absolute atomic E-state index is 0.0941. The summed E-state index contributed by atoms with van der Waals surface area (Å²) in [7, 11) is 0. The molecule has 0 bridgehead atoms. The van der Waals surface area contributed by atoms with E-state index in [1.54, 1.807) is 18.3 Å². The molecular formula is C23H27ClN6O. The lowest BCUT2D eigenvalue weighted by atomic mass is 10.1. The highest BCUT2D eigenvalue weighted by Crippen LogP contribution is 2.24. The summed E-state index contributed by atoms with van der Waals surface area (Å²) in [5.74, 6) is 0.667. The Bertz CT molecular complexity index is 1030. The number of benzene rings is 1. The summed E-state index contributed by atoms with van der Waals surface area (Å²) in [6.07, 6.45) is 6.28. The van der Waals surface area contributed by atoms with E-state index < -0.39 is 0 Å². The van der Waals surface area contributed by atoms with Crippen molar-refractivity contribution in [1.29, 1.82) is 0 Å². The van der Waals surface area contributed by atoms with Gasteiger partial charge in [-0.1, -0.05) is 17.7 Å². The van der Waals surface area contributed by atoms with Crippen LogP contribution in [0.2, 0.25) is 5.02 Å². The summed E-state index contributed by atoms with van der Waals surface area (Å²) in [6.45, 7) is 6.87. The minimum Gasteiger partial charge on any atom is -0.506 e. The molecule has 0 saturated carbocycles. The lowest BCUT2D eigenvalue weighted by Crippen LogP contribution is -2.49. The number of phenolic OH excluding ortho intramolecular Hbond substituents is 1. The van der Waals surface area contributed by atoms with Crippen LogP contribution in [0.25, 0.3) is 11.3 Å². The first-order valence-electron chi connectivity index (χ1n) is 10.5. The Hall–Kier alpha value is -2.74. The maximum Gasteiger partial charge on any atom is 0.223 e. The molecule has 0 radical (unpaired) electrons. The molecule has 1 atom stereocenters. The van der Waals surface area contributed by atoms with Gasteiger partial charge in [-0.05, 0) is 48.7 Å². The summed E-state index contributed by atoms with van der Waals surface area (Å²) in [5.41, 5.74) is 4.04. The molecule has 1 unspecified atom stereocenters. The number of aromatic hydroxyl groups is 1. The average Bonchev–Trinajstić information content (AvgIpc) is 2.78. The SMILES string of the molecule is CC1CNCCN1Cc1cncc(-c2ccnc(NCCc3ccc(O)c(Cl)c3)n2)c1. The number of anilines is 1. The van der Waals surface area contributed by atoms with Crippen LogP contribution in [0.15, 0.2) is 48.9 Å². The van der Waals surface area contributed by atoms with E-state index in [1.165, 1.54) is 5.56 Å². The summed E-state index contributed by atoms with van der Waals surface area (Å²) >= 11 is 5.97. The highest BCUT2D eigenvalue weighted by molar-refractivity contribution is 6.32. The quantitative estimate of drug-likeness (QED) is 0.521. The highest BCUT2D eigenvalue weighted by atomic mass is 35.5. The molecule has 1 saturated heterocycles. The van der Waals surface area contributed by atoms with Gasteiger partial charge in [-0.3, -0.25) is 9.88 Å². The van der Waals surface area contributed by atoms with Crippen LogP contribution in [0.4, 0.5) is 5.95 Å². The first-order chi connectivity index (χ1) is 15.1. The number of nitrogens with zero attached hydrogens (tertiary/aromatic N) is 4. The van der Waals surface area contributed by atoms with E-state index in [-0.39, 0.29) is 5.75 Å². The first kappa shape index (κ1) is 21.5. The summed E-state index contributed by atoms with van der Waals surface area (Å²) in [4.78, 5) is 15.9. The van der Waals surface area contributed by atoms with Gasteiger partial charge in [-0.25, -0.2) is 9.97 Å². The number of aromatic nitrogens is 3. The predicted molar refractivity (Wildman–Crippen MR) is 123 cm³/mol. The van der Waals surface area contributed by atoms with Gasteiger partial charge in [0.1, 0.15) is 5.75 Å². The van der Waals surface area contributed by atoms with Gasteiger partial charge in [0.05, 0.1) is 10.7 Å². The summed E-state index contributed by atoms with van der Waals surface area (Å²) in [6, 6.07) is 9.81. The Morgan fingerprint density at radius 1 is 1.23 bits per heavy atom. The van der Waals surface area contributed by atoms with Crippen LogP contribution in [-0.2, 0) is 13.0 Å². The predicted octanol–water partition coefficient (Wildman–Crippen LogP) is 3.35. The topological polar surface area (TPSA) is 86.2 Å². The molecule has 1 aliphatic heterocycles. The number of phenols is 1. The second kappa shape index (κ2) is 10.0. The zero-order chi connectivity index (χ0) is 21.6. The van der Waals surface area contributed by atoms with E-state index in [9.17, 15) is 5.11 Å². The van der Waals surface area contributed by atoms with Crippen LogP contribution in [0.3, 0.4) is 0 Å². The zero-order valence-corrected chi connectivity index (χ0v) is 18.3. The molecule has 3 N–H and O–H groups in total. The van der Waals surface area contributed by atoms with E-state index >= 15 is 0 Å². The number of nitrogens with one attached hydrogen (secondary N) is 2. The Kier molecular flexibility index (Phi) is 6.96. The van der Waals surface area contributed by atoms with E-state index in [0.29, 0.717) is 23.6 Å². The normalized spacial score (nSPS) is 16.9. The van der Waals surface area contributed by atoms with Crippen molar-refractivity contribution in [2.45, 2.75) is 25.9 Å². The van der Waals surface area contributed by atoms with Crippen LogP contribution < -0.4 is 10.6 Å². The van der Waals surface area contributed by atoms with Gasteiger partial charge in [-0.2, -0.15) is 0 Å². The second-order valence-corrected chi connectivity index (χ2v) is 8.24. The standard InChI is InChI=1S/C23H27ClN6O/c1-16-12-25-8-9-30(16)15-18-10-19(14-26-13-18)21-5-7-28-23(29-21)27-6-4-17-2-3-22(31)20(24)11-17/h2-3,5,7,10-11,13-14,16,25,31H,4,6,8-9,12,15H2,1H3,(H,27,28,29). The number of pyridine rings is 1. The van der Waals surface area contributed by atoms with E-state index in [1.807, 2.05) is 24.5 Å². The van der Waals surface area contributed by atoms with Crippen molar-refractivity contribution in [2.75, 3.05) is 31.5 Å². The van der Waals surface area contributed by atoms with Crippen molar-refractivity contribution in [3.8, 4) is 17.0 Å². The smallest absolute Gasteiger partial charge is 0.223 e. The minimum atomic E-state index is 0.0941. The molecule has 1 fully saturated rings. The third-order valence-electron chi connectivity index (χ3n) is 5.48. The third kappa shape index (κ3) is 5.70. The van der Waals surface area contributed by atoms with E-state index in [4.69, 9.17) is 11.6 Å². The Labute approximate surface area is 187 Å². The lowest BCUT2D eigenvalue weighted by Gasteiger charge is -2.33. The van der Waals surface area contributed by atoms with Crippen molar-refractivity contribution in [1.82, 2.24) is 25.2 Å². The molecule has 3 heterocycles. The van der Waals surface area contributed by atoms with Crippen LogP contribution in [0, 0.1) is 0 Å². The van der Waals surface area contributed by atoms with Crippen LogP contribution in [-0.4, -0.2) is 57.2 Å². The largest absolute Gasteiger partial charge is 0.506 e. The first-order valence-corrected chi connectivity index (χ1v) is 10.9. The Balaban J connectivity index is 1.40. The van der Waals surface area contributed by atoms with Crippen molar-refractivity contribution < 1.29 is 5.11 Å². The Morgan fingerprint density at radius 2 is 2.13 bits per heavy atom. The highest BCUT2D eigenvalue weighted by Gasteiger charge is 2.18. The molecule has 0 aliphatic carbocycles. The number of hydrogen-bond donors (Lipinski definition) is 3. The van der Waals surface area contributed by atoms with Crippen LogP contribution >= 0.6 is 11.6 Å². The van der Waals surface area contributed by atoms with Gasteiger partial charge in [0, 0.05) is 62.9 Å². The van der Waals surface area contributed by atoms with Gasteiger partial charge >= 0.3 is 0 Å². The monoisotopic (exact) mass is 438 g/mol. The summed E-state index contributed by atoms with van der Waals surface area (Å²) < 4.78 is 0. The van der Waals surface area contributed by atoms with Gasteiger partial charge in [-0.15, -0.1) is 0 Å². The van der Waals surface area contributed by atoms with Gasteiger partial charge < -0.3 is 15.7 Å². The number of piperazine rings is 1. The van der Waals surface area contributed by atoms with Gasteiger partial charge in [0.15, 0.2) is 0 Å². The number of halogens is 1. The molecule has 31 heavy (non-hydrogen) atoms. The van der Waals surface area contributed by atoms with Crippen molar-refractivity contribution in [3.63, 3.8) is 0 Å². The fourth-order valence-electron chi connectivity index (χ4n) is 3.70. The van der Waals surface area contributed by atoms with Gasteiger partial charge in [0.2, 0.25) is 5.95 Å². The molecule has 0 spiro atoms. The molecule has 0 amide bonds. The fraction of sp³-hybridized carbons (Fsp3) is 0.348. The molecule has 162 valence electrons. The maximum atomic E-state index is 9.53. The number of hydrogen-bond acceptors (Lipinski definition) is 7. The van der Waals surface area contributed by atoms with Crippen molar-refractivity contribution in [3.05, 3.63) is 65.1 Å². The number of rotatable bonds is 7. The average molecular weight is 439 g/mol. The molecule has 2 aromatic heterocycles. The molecule has 7 nitrogen and oxygen atoms in total. The van der Waals surface area contributed by atoms with Crippen molar-refractivity contribution in [2.24, 2.45) is 0 Å². The second-order valence-electron chi connectivity index (χ2n) is 7.83. The van der Waals surface area contributed by atoms with Crippen molar-refractivity contribution >= 4 is 17.5 Å². The maximum absolute atomic E-state index is 9.53. The zero-order valence-electron chi connectivity index (χ0n) is 17.6.